The van der Waals surface area contributed by atoms with E-state index in [1.807, 2.05) is 0 Å². The van der Waals surface area contributed by atoms with E-state index in [-0.39, 0.29) is 25.7 Å². The van der Waals surface area contributed by atoms with Gasteiger partial charge in [-0.15, -0.1) is 0 Å². The molecule has 0 bridgehead atoms. The van der Waals surface area contributed by atoms with Crippen LogP contribution in [0.5, 0.6) is 0 Å². The zero-order valence-corrected chi connectivity index (χ0v) is 32.7. The van der Waals surface area contributed by atoms with Gasteiger partial charge in [0.15, 0.2) is 0 Å². The van der Waals surface area contributed by atoms with Crippen LogP contribution in [0.4, 0.5) is 52.7 Å². The van der Waals surface area contributed by atoms with Gasteiger partial charge in [-0.05, 0) is 0 Å². The Labute approximate surface area is 269 Å². The summed E-state index contributed by atoms with van der Waals surface area (Å²) in [6, 6.07) is 0. The van der Waals surface area contributed by atoms with E-state index in [1.165, 1.54) is 0 Å². The van der Waals surface area contributed by atoms with E-state index >= 15 is 52.7 Å². The molecule has 0 saturated heterocycles. The molecule has 45 heavy (non-hydrogen) atoms. The van der Waals surface area contributed by atoms with Gasteiger partial charge in [-0.3, -0.25) is 0 Å². The summed E-state index contributed by atoms with van der Waals surface area (Å²) in [6.45, 7) is 4.28. The van der Waals surface area contributed by atoms with Gasteiger partial charge in [0.1, 0.15) is 0 Å². The van der Waals surface area contributed by atoms with Gasteiger partial charge in [-0.1, -0.05) is 0 Å². The van der Waals surface area contributed by atoms with Crippen molar-refractivity contribution in [1.82, 2.24) is 0 Å². The normalized spacial score (nSPS) is 19.1. The Morgan fingerprint density at radius 2 is 0.667 bits per heavy atom. The topological polar surface area (TPSA) is 27.7 Å². The fourth-order valence-electron chi connectivity index (χ4n) is 4.70. The summed E-state index contributed by atoms with van der Waals surface area (Å²) in [5, 5.41) is 0. The van der Waals surface area contributed by atoms with E-state index in [0.29, 0.717) is 25.7 Å². The fourth-order valence-corrected chi connectivity index (χ4v) is 42.4. The van der Waals surface area contributed by atoms with Crippen LogP contribution in [0.2, 0.25) is 0 Å². The van der Waals surface area contributed by atoms with Crippen molar-refractivity contribution in [3.63, 3.8) is 0 Å². The molecule has 0 amide bonds. The van der Waals surface area contributed by atoms with Crippen LogP contribution in [0.3, 0.4) is 0 Å². The maximum atomic E-state index is 16.2. The molecule has 0 radical (unpaired) electrons. The van der Waals surface area contributed by atoms with Gasteiger partial charge in [0.05, 0.1) is 0 Å². The number of rotatable bonds is 26. The Balaban J connectivity index is 8.12. The summed E-state index contributed by atoms with van der Waals surface area (Å²) in [7, 11) is 0. The van der Waals surface area contributed by atoms with Gasteiger partial charge in [-0.2, -0.15) is 0 Å². The fraction of sp³-hybridized carbons (Fsp3) is 1.00. The van der Waals surface area contributed by atoms with Crippen LogP contribution >= 0.6 is 0 Å². The molecule has 17 heteroatoms. The summed E-state index contributed by atoms with van der Waals surface area (Å²) in [5.74, 6) is 0. The minimum absolute atomic E-state index is 0.148. The summed E-state index contributed by atoms with van der Waals surface area (Å²) >= 11 is -17.9. The van der Waals surface area contributed by atoms with Gasteiger partial charge in [0.25, 0.3) is 0 Å². The predicted octanol–water partition coefficient (Wildman–Crippen LogP) is 10.8. The van der Waals surface area contributed by atoms with Crippen molar-refractivity contribution in [1.29, 1.82) is 0 Å². The first-order chi connectivity index (χ1) is 20.8. The van der Waals surface area contributed by atoms with Crippen molar-refractivity contribution in [2.45, 2.75) is 159 Å². The summed E-state index contributed by atoms with van der Waals surface area (Å²) in [4.78, 5) is 0. The van der Waals surface area contributed by atoms with E-state index in [2.05, 4.69) is 0 Å². The molecule has 0 spiro atoms. The Kier molecular flexibility index (Phi) is 20.0. The second-order valence-electron chi connectivity index (χ2n) is 11.1. The van der Waals surface area contributed by atoms with Crippen LogP contribution < -0.4 is 0 Å². The van der Waals surface area contributed by atoms with Crippen LogP contribution in [-0.4, -0.2) is 92.1 Å². The molecule has 3 nitrogen and oxygen atoms in total. The molecule has 0 saturated carbocycles. The molecule has 0 aliphatic carbocycles. The molecule has 0 aromatic rings. The number of hydrogen-bond donors (Lipinski definition) is 0. The molecule has 0 fully saturated rings. The first-order valence-corrected chi connectivity index (χ1v) is 26.2. The second-order valence-corrected chi connectivity index (χ2v) is 31.9. The molecule has 0 aliphatic heterocycles. The third kappa shape index (κ3) is 9.88. The molecule has 272 valence electrons. The number of halogens is 12. The predicted molar refractivity (Wildman–Crippen MR) is 153 cm³/mol. The number of hydrogen-bond acceptors (Lipinski definition) is 3. The molecular formula is C28H50F12O3Sn2. The van der Waals surface area contributed by atoms with Crippen molar-refractivity contribution in [3.05, 3.63) is 0 Å². The molecule has 0 N–H and O–H groups in total. The average Bonchev–Trinajstić information content (AvgIpc) is 3.00. The van der Waals surface area contributed by atoms with Gasteiger partial charge in [0.2, 0.25) is 0 Å². The van der Waals surface area contributed by atoms with Crippen LogP contribution in [0.25, 0.3) is 0 Å². The van der Waals surface area contributed by atoms with E-state index in [1.54, 1.807) is 13.8 Å². The molecule has 4 atom stereocenters. The van der Waals surface area contributed by atoms with Gasteiger partial charge in [-0.25, -0.2) is 0 Å². The van der Waals surface area contributed by atoms with E-state index in [0.717, 1.165) is 27.7 Å². The van der Waals surface area contributed by atoms with E-state index < -0.39 is 118 Å². The first kappa shape index (κ1) is 45.6. The SMILES string of the molecule is CCCCCC[O][Sn]([O][Sn]([O]CCCCCC)([C](F)(F)C(F)CC)[C](F)(F)C(F)CC)([C](F)(F)C(F)CC)[C](F)(F)C(F)CC. The van der Waals surface area contributed by atoms with Crippen LogP contribution in [0.1, 0.15) is 119 Å². The third-order valence-electron chi connectivity index (χ3n) is 7.66. The monoisotopic (exact) mass is 902 g/mol. The second kappa shape index (κ2) is 19.7. The first-order valence-electron chi connectivity index (χ1n) is 15.8. The Hall–Kier alpha value is 0.637. The zero-order valence-electron chi connectivity index (χ0n) is 27.0. The van der Waals surface area contributed by atoms with Crippen molar-refractivity contribution in [3.8, 4) is 0 Å². The van der Waals surface area contributed by atoms with Crippen molar-refractivity contribution >= 4 is 38.4 Å². The minimum atomic E-state index is -8.93. The van der Waals surface area contributed by atoms with Crippen LogP contribution in [0, 0.1) is 0 Å². The molecule has 4 unspecified atom stereocenters. The quantitative estimate of drug-likeness (QED) is 0.0492. The van der Waals surface area contributed by atoms with Gasteiger partial charge < -0.3 is 0 Å². The number of unbranched alkanes of at least 4 members (excludes halogenated alkanes) is 6. The summed E-state index contributed by atoms with van der Waals surface area (Å²) in [6.07, 6.45) is -17.9. The van der Waals surface area contributed by atoms with Crippen molar-refractivity contribution in [2.24, 2.45) is 0 Å². The number of alkyl halides is 12. The Morgan fingerprint density at radius 1 is 0.422 bits per heavy atom. The standard InChI is InChI=1S/2C6H13O.4C4H6F3.O.2Sn/c2*1-2-3-4-5-6-7;4*1-2-3(5)4(6)7;;;/h2*2-6H2,1H3;4*3H,2H2,1H3;;;/q2*-1;;;;;;2*+1. The molecule has 0 rings (SSSR count). The van der Waals surface area contributed by atoms with Crippen molar-refractivity contribution < 1.29 is 60.2 Å². The molecule has 0 aromatic carbocycles. The Bertz CT molecular complexity index is 718. The van der Waals surface area contributed by atoms with Crippen LogP contribution in [-0.2, 0) is 7.56 Å². The molecule has 0 heterocycles. The average molecular weight is 900 g/mol. The zero-order chi connectivity index (χ0) is 35.3. The van der Waals surface area contributed by atoms with E-state index in [4.69, 9.17) is 7.56 Å². The van der Waals surface area contributed by atoms with Crippen LogP contribution in [0.15, 0.2) is 0 Å². The van der Waals surface area contributed by atoms with Crippen molar-refractivity contribution in [2.75, 3.05) is 13.2 Å². The third-order valence-corrected chi connectivity index (χ3v) is 37.4. The van der Waals surface area contributed by atoms with Gasteiger partial charge >= 0.3 is 271 Å². The van der Waals surface area contributed by atoms with E-state index in [9.17, 15) is 0 Å². The Morgan fingerprint density at radius 3 is 0.867 bits per heavy atom. The maximum absolute atomic E-state index is 16.2. The molecule has 0 aliphatic rings. The molecule has 0 aromatic heterocycles. The van der Waals surface area contributed by atoms with Gasteiger partial charge in [0, 0.05) is 0 Å². The summed E-state index contributed by atoms with van der Waals surface area (Å²) < 4.78 is 182. The molecular weight excluding hydrogens is 850 g/mol. The summed E-state index contributed by atoms with van der Waals surface area (Å²) in [5.41, 5.74) is 0.